The third kappa shape index (κ3) is 5.73. The Labute approximate surface area is 272 Å². The number of likely N-dealkylation sites (tertiary alicyclic amines) is 2. The van der Waals surface area contributed by atoms with E-state index in [-0.39, 0.29) is 46.0 Å². The Kier molecular flexibility index (Phi) is 9.51. The minimum absolute atomic E-state index is 0.0688. The highest BCUT2D eigenvalue weighted by molar-refractivity contribution is 5.93. The van der Waals surface area contributed by atoms with Gasteiger partial charge >= 0.3 is 5.97 Å². The Balaban J connectivity index is 1.39. The van der Waals surface area contributed by atoms with Gasteiger partial charge in [0.25, 0.3) is 0 Å². The molecule has 0 aromatic heterocycles. The second-order valence-corrected chi connectivity index (χ2v) is 17.0. The lowest BCUT2D eigenvalue weighted by molar-refractivity contribution is -0.153. The highest BCUT2D eigenvalue weighted by Crippen LogP contribution is 2.88. The predicted molar refractivity (Wildman–Crippen MR) is 178 cm³/mol. The summed E-state index contributed by atoms with van der Waals surface area (Å²) in [5.74, 6) is -0.462. The Bertz CT molecular complexity index is 1150. The monoisotopic (exact) mass is 626 g/mol. The van der Waals surface area contributed by atoms with Crippen LogP contribution in [0.5, 0.6) is 0 Å². The van der Waals surface area contributed by atoms with Crippen LogP contribution in [0.4, 0.5) is 0 Å². The molecular weight excluding hydrogens is 564 g/mol. The van der Waals surface area contributed by atoms with Gasteiger partial charge in [0.15, 0.2) is 0 Å². The summed E-state index contributed by atoms with van der Waals surface area (Å²) in [7, 11) is 1.41. The van der Waals surface area contributed by atoms with Gasteiger partial charge in [0.1, 0.15) is 18.1 Å². The molecule has 2 saturated heterocycles. The van der Waals surface area contributed by atoms with Gasteiger partial charge in [-0.1, -0.05) is 73.3 Å². The molecule has 2 aliphatic heterocycles. The number of hydrogen-bond donors (Lipinski definition) is 2. The van der Waals surface area contributed by atoms with E-state index in [4.69, 9.17) is 4.74 Å². The summed E-state index contributed by atoms with van der Waals surface area (Å²) in [6.45, 7) is 21.2. The third-order valence-electron chi connectivity index (χ3n) is 13.3. The van der Waals surface area contributed by atoms with E-state index in [0.29, 0.717) is 19.0 Å². The van der Waals surface area contributed by atoms with Crippen LogP contribution in [-0.4, -0.2) is 78.0 Å². The fourth-order valence-electron chi connectivity index (χ4n) is 10.3. The van der Waals surface area contributed by atoms with E-state index in [0.717, 1.165) is 63.6 Å². The van der Waals surface area contributed by atoms with Crippen molar-refractivity contribution in [1.82, 2.24) is 20.4 Å². The van der Waals surface area contributed by atoms with E-state index in [2.05, 4.69) is 49.8 Å². The van der Waals surface area contributed by atoms with Crippen molar-refractivity contribution in [2.45, 2.75) is 156 Å². The number of nitrogens with zero attached hydrogens (tertiary/aromatic N) is 2. The first kappa shape index (κ1) is 34.3. The van der Waals surface area contributed by atoms with E-state index >= 15 is 0 Å². The molecule has 0 aromatic rings. The highest BCUT2D eigenvalue weighted by Gasteiger charge is 2.85. The average Bonchev–Trinajstić information content (AvgIpc) is 3.20. The molecule has 8 nitrogen and oxygen atoms in total. The van der Waals surface area contributed by atoms with Gasteiger partial charge in [-0.05, 0) is 87.5 Å². The van der Waals surface area contributed by atoms with E-state index in [1.54, 1.807) is 4.90 Å². The third-order valence-corrected chi connectivity index (χ3v) is 13.3. The first-order chi connectivity index (χ1) is 21.1. The molecule has 8 heteroatoms. The molecule has 3 saturated carbocycles. The molecule has 5 aliphatic rings. The second-order valence-electron chi connectivity index (χ2n) is 17.0. The fraction of sp³-hybridized carbons (Fsp3) is 0.865. The lowest BCUT2D eigenvalue weighted by atomic mass is 9.73. The van der Waals surface area contributed by atoms with Gasteiger partial charge in [-0.25, -0.2) is 4.79 Å². The number of rotatable bonds is 9. The maximum atomic E-state index is 14.6. The molecule has 5 atom stereocenters. The first-order valence-corrected chi connectivity index (χ1v) is 18.0. The normalized spacial score (nSPS) is 30.9. The summed E-state index contributed by atoms with van der Waals surface area (Å²) >= 11 is 0. The molecule has 0 aromatic carbocycles. The number of hydrogen-bond acceptors (Lipinski definition) is 6. The lowest BCUT2D eigenvalue weighted by Gasteiger charge is -2.42. The van der Waals surface area contributed by atoms with Gasteiger partial charge in [-0.2, -0.15) is 0 Å². The van der Waals surface area contributed by atoms with Crippen LogP contribution in [0.3, 0.4) is 0 Å². The summed E-state index contributed by atoms with van der Waals surface area (Å²) in [6, 6.07) is -1.24. The zero-order valence-corrected chi connectivity index (χ0v) is 29.6. The van der Waals surface area contributed by atoms with Crippen molar-refractivity contribution in [3.63, 3.8) is 0 Å². The zero-order chi connectivity index (χ0) is 32.9. The summed E-state index contributed by atoms with van der Waals surface area (Å²) in [5, 5.41) is 6.92. The van der Waals surface area contributed by atoms with E-state index in [1.807, 2.05) is 20.8 Å². The number of fused-ring (bicyclic) bond motifs is 1. The van der Waals surface area contributed by atoms with Crippen molar-refractivity contribution in [3.05, 3.63) is 12.3 Å². The standard InChI is InChI=1S/C37H62N4O4/c1-24(2)40-21-14-13-18-27(40)25(3)38-29(26-16-11-10-12-17-26)31(42)39-30(34(4,5)6)32(43)41-23-37(22-28(41)33(44)45-9)35(7,8)36(37)19-15-20-36/h24,26-30,38H,3,10-23H2,1-2,4-9H3,(H,39,42)/t27-,28?,29?,30+,37?/m0/s1. The van der Waals surface area contributed by atoms with Crippen LogP contribution >= 0.6 is 0 Å². The van der Waals surface area contributed by atoms with Crippen LogP contribution in [0.1, 0.15) is 126 Å². The minimum Gasteiger partial charge on any atom is -0.467 e. The second kappa shape index (κ2) is 12.5. The summed E-state index contributed by atoms with van der Waals surface area (Å²) in [5.41, 5.74) is 0.551. The maximum absolute atomic E-state index is 14.6. The Morgan fingerprint density at radius 3 is 2.07 bits per heavy atom. The average molecular weight is 627 g/mol. The van der Waals surface area contributed by atoms with Crippen molar-refractivity contribution >= 4 is 17.8 Å². The van der Waals surface area contributed by atoms with E-state index in [1.165, 1.54) is 26.4 Å². The van der Waals surface area contributed by atoms with Crippen LogP contribution in [0.2, 0.25) is 0 Å². The fourth-order valence-corrected chi connectivity index (χ4v) is 10.3. The SMILES string of the molecule is C=C(NC(C(=O)N[C@H](C(=O)N1CC2(CC1C(=O)OC)C(C)(C)C21CCC1)C(C)(C)C)C1CCCCC1)[C@@H]1CCCCN1C(C)C. The van der Waals surface area contributed by atoms with Gasteiger partial charge < -0.3 is 20.3 Å². The number of carbonyl (C=O) groups excluding carboxylic acids is 3. The molecule has 0 bridgehead atoms. The van der Waals surface area contributed by atoms with E-state index < -0.39 is 23.5 Å². The van der Waals surface area contributed by atoms with Gasteiger partial charge in [-0.15, -0.1) is 0 Å². The number of methoxy groups -OCH3 is 1. The van der Waals surface area contributed by atoms with Crippen LogP contribution in [-0.2, 0) is 19.1 Å². The van der Waals surface area contributed by atoms with Crippen molar-refractivity contribution < 1.29 is 19.1 Å². The van der Waals surface area contributed by atoms with Crippen molar-refractivity contribution in [2.24, 2.45) is 27.6 Å². The molecule has 5 rings (SSSR count). The topological polar surface area (TPSA) is 91.0 Å². The van der Waals surface area contributed by atoms with Crippen molar-refractivity contribution in [1.29, 1.82) is 0 Å². The molecular formula is C37H62N4O4. The number of esters is 1. The molecule has 0 radical (unpaired) electrons. The smallest absolute Gasteiger partial charge is 0.328 e. The number of ether oxygens (including phenoxy) is 1. The highest BCUT2D eigenvalue weighted by atomic mass is 16.5. The van der Waals surface area contributed by atoms with Gasteiger partial charge in [-0.3, -0.25) is 14.5 Å². The van der Waals surface area contributed by atoms with Crippen molar-refractivity contribution in [3.8, 4) is 0 Å². The molecule has 5 fully saturated rings. The lowest BCUT2D eigenvalue weighted by Crippen LogP contribution is -2.61. The zero-order valence-electron chi connectivity index (χ0n) is 29.6. The van der Waals surface area contributed by atoms with Crippen LogP contribution in [0.25, 0.3) is 0 Å². The maximum Gasteiger partial charge on any atom is 0.328 e. The number of nitrogens with one attached hydrogen (secondary N) is 2. The molecule has 3 unspecified atom stereocenters. The van der Waals surface area contributed by atoms with Crippen LogP contribution in [0, 0.1) is 27.6 Å². The summed E-state index contributed by atoms with van der Waals surface area (Å²) < 4.78 is 5.27. The number of piperidine rings is 1. The van der Waals surface area contributed by atoms with Crippen LogP contribution in [0.15, 0.2) is 12.3 Å². The van der Waals surface area contributed by atoms with Gasteiger partial charge in [0.05, 0.1) is 7.11 Å². The van der Waals surface area contributed by atoms with Gasteiger partial charge in [0, 0.05) is 29.7 Å². The molecule has 3 aliphatic carbocycles. The molecule has 2 N–H and O–H groups in total. The molecule has 2 spiro atoms. The Morgan fingerprint density at radius 2 is 1.53 bits per heavy atom. The largest absolute Gasteiger partial charge is 0.467 e. The minimum atomic E-state index is -0.769. The van der Waals surface area contributed by atoms with Gasteiger partial charge in [0.2, 0.25) is 11.8 Å². The Morgan fingerprint density at radius 1 is 0.889 bits per heavy atom. The molecule has 2 amide bonds. The molecule has 45 heavy (non-hydrogen) atoms. The number of carbonyl (C=O) groups is 3. The predicted octanol–water partition coefficient (Wildman–Crippen LogP) is 5.80. The van der Waals surface area contributed by atoms with Crippen molar-refractivity contribution in [2.75, 3.05) is 20.2 Å². The summed E-state index contributed by atoms with van der Waals surface area (Å²) in [4.78, 5) is 46.6. The Hall–Kier alpha value is -2.09. The van der Waals surface area contributed by atoms with E-state index in [9.17, 15) is 14.4 Å². The molecule has 254 valence electrons. The quantitative estimate of drug-likeness (QED) is 0.315. The number of amides is 2. The summed E-state index contributed by atoms with van der Waals surface area (Å²) in [6.07, 6.45) is 12.9. The van der Waals surface area contributed by atoms with Crippen LogP contribution < -0.4 is 10.6 Å². The molecule has 2 heterocycles. The first-order valence-electron chi connectivity index (χ1n) is 18.0.